The van der Waals surface area contributed by atoms with Crippen LogP contribution in [0.25, 0.3) is 0 Å². The van der Waals surface area contributed by atoms with Crippen molar-refractivity contribution in [2.45, 2.75) is 39.0 Å². The highest BCUT2D eigenvalue weighted by molar-refractivity contribution is 6.12. The van der Waals surface area contributed by atoms with Crippen molar-refractivity contribution in [2.75, 3.05) is 19.6 Å². The Hall–Kier alpha value is -2.18. The number of carbonyl (C=O) groups is 4. The van der Waals surface area contributed by atoms with Gasteiger partial charge in [-0.1, -0.05) is 13.3 Å². The van der Waals surface area contributed by atoms with Crippen molar-refractivity contribution in [1.82, 2.24) is 15.5 Å². The van der Waals surface area contributed by atoms with Gasteiger partial charge in [-0.2, -0.15) is 0 Å². The number of amides is 4. The average Bonchev–Trinajstić information content (AvgIpc) is 2.82. The number of nitrogens with zero attached hydrogens (tertiary/aromatic N) is 1. The van der Waals surface area contributed by atoms with E-state index in [-0.39, 0.29) is 23.6 Å². The average molecular weight is 309 g/mol. The first-order chi connectivity index (χ1) is 10.5. The Morgan fingerprint density at radius 2 is 1.55 bits per heavy atom. The molecular weight excluding hydrogens is 286 g/mol. The highest BCUT2D eigenvalue weighted by Gasteiger charge is 2.22. The summed E-state index contributed by atoms with van der Waals surface area (Å²) in [6.07, 6.45) is 5.56. The van der Waals surface area contributed by atoms with Crippen molar-refractivity contribution in [2.24, 2.45) is 0 Å². The summed E-state index contributed by atoms with van der Waals surface area (Å²) in [7, 11) is 0. The van der Waals surface area contributed by atoms with Crippen molar-refractivity contribution >= 4 is 23.6 Å². The molecule has 1 aliphatic heterocycles. The zero-order valence-corrected chi connectivity index (χ0v) is 12.9. The number of carbonyl (C=O) groups excluding carboxylic acids is 4. The highest BCUT2D eigenvalue weighted by atomic mass is 16.2. The summed E-state index contributed by atoms with van der Waals surface area (Å²) in [6, 6.07) is 0. The molecule has 0 saturated heterocycles. The van der Waals surface area contributed by atoms with Crippen LogP contribution in [0, 0.1) is 0 Å². The number of hydrogen-bond donors (Lipinski definition) is 2. The predicted octanol–water partition coefficient (Wildman–Crippen LogP) is 0.114. The Bertz CT molecular complexity index is 442. The maximum Gasteiger partial charge on any atom is 0.253 e. The molecule has 0 spiro atoms. The van der Waals surface area contributed by atoms with Crippen LogP contribution < -0.4 is 10.6 Å². The van der Waals surface area contributed by atoms with E-state index < -0.39 is 0 Å². The molecule has 1 rings (SSSR count). The van der Waals surface area contributed by atoms with Crippen LogP contribution in [0.2, 0.25) is 0 Å². The summed E-state index contributed by atoms with van der Waals surface area (Å²) in [6.45, 7) is 3.03. The van der Waals surface area contributed by atoms with Crippen molar-refractivity contribution in [3.05, 3.63) is 12.2 Å². The Labute approximate surface area is 130 Å². The van der Waals surface area contributed by atoms with Crippen molar-refractivity contribution in [3.8, 4) is 0 Å². The van der Waals surface area contributed by atoms with E-state index >= 15 is 0 Å². The summed E-state index contributed by atoms with van der Waals surface area (Å²) < 4.78 is 0. The lowest BCUT2D eigenvalue weighted by molar-refractivity contribution is -0.137. The molecule has 22 heavy (non-hydrogen) atoms. The fourth-order valence-corrected chi connectivity index (χ4v) is 2.00. The van der Waals surface area contributed by atoms with Gasteiger partial charge in [0.05, 0.1) is 0 Å². The summed E-state index contributed by atoms with van der Waals surface area (Å²) in [5.41, 5.74) is 0. The standard InChI is InChI=1S/C15H23N3O4/c1-2-12(19)16-9-10-17-13(20)6-4-3-5-11-18-14(21)7-8-15(18)22/h7-8H,2-6,9-11H2,1H3,(H,16,19)(H,17,20). The van der Waals surface area contributed by atoms with Gasteiger partial charge in [0.1, 0.15) is 0 Å². The molecule has 0 saturated carbocycles. The Morgan fingerprint density at radius 3 is 2.14 bits per heavy atom. The molecule has 0 aromatic rings. The predicted molar refractivity (Wildman–Crippen MR) is 80.6 cm³/mol. The molecule has 0 aromatic carbocycles. The summed E-state index contributed by atoms with van der Waals surface area (Å²) >= 11 is 0. The zero-order valence-electron chi connectivity index (χ0n) is 12.9. The quantitative estimate of drug-likeness (QED) is 0.442. The molecule has 7 heteroatoms. The Balaban J connectivity index is 1.98. The van der Waals surface area contributed by atoms with Gasteiger partial charge in [0.15, 0.2) is 0 Å². The van der Waals surface area contributed by atoms with Gasteiger partial charge < -0.3 is 10.6 Å². The molecule has 4 amide bonds. The number of nitrogens with one attached hydrogen (secondary N) is 2. The molecule has 1 heterocycles. The minimum Gasteiger partial charge on any atom is -0.354 e. The van der Waals surface area contributed by atoms with Gasteiger partial charge in [-0.15, -0.1) is 0 Å². The Kier molecular flexibility index (Phi) is 7.88. The molecule has 0 unspecified atom stereocenters. The van der Waals surface area contributed by atoms with Gasteiger partial charge in [0, 0.05) is 44.6 Å². The lowest BCUT2D eigenvalue weighted by Gasteiger charge is -2.13. The third-order valence-electron chi connectivity index (χ3n) is 3.28. The van der Waals surface area contributed by atoms with E-state index in [4.69, 9.17) is 0 Å². The maximum absolute atomic E-state index is 11.5. The van der Waals surface area contributed by atoms with E-state index in [0.717, 1.165) is 6.42 Å². The first-order valence-electron chi connectivity index (χ1n) is 7.61. The van der Waals surface area contributed by atoms with Crippen LogP contribution in [0.15, 0.2) is 12.2 Å². The Morgan fingerprint density at radius 1 is 0.955 bits per heavy atom. The van der Waals surface area contributed by atoms with E-state index in [1.165, 1.54) is 17.1 Å². The van der Waals surface area contributed by atoms with Gasteiger partial charge >= 0.3 is 0 Å². The molecule has 2 N–H and O–H groups in total. The second kappa shape index (κ2) is 9.70. The van der Waals surface area contributed by atoms with E-state index in [1.54, 1.807) is 6.92 Å². The van der Waals surface area contributed by atoms with Gasteiger partial charge in [-0.3, -0.25) is 24.1 Å². The largest absolute Gasteiger partial charge is 0.354 e. The van der Waals surface area contributed by atoms with E-state index in [1.807, 2.05) is 0 Å². The molecule has 0 fully saturated rings. The minimum absolute atomic E-state index is 0.0326. The first-order valence-corrected chi connectivity index (χ1v) is 7.61. The molecule has 122 valence electrons. The number of unbranched alkanes of at least 4 members (excludes halogenated alkanes) is 2. The van der Waals surface area contributed by atoms with Crippen molar-refractivity contribution in [1.29, 1.82) is 0 Å². The van der Waals surface area contributed by atoms with E-state index in [2.05, 4.69) is 10.6 Å². The molecule has 0 atom stereocenters. The molecule has 0 aromatic heterocycles. The van der Waals surface area contributed by atoms with Crippen LogP contribution in [0.5, 0.6) is 0 Å². The highest BCUT2D eigenvalue weighted by Crippen LogP contribution is 2.07. The van der Waals surface area contributed by atoms with Crippen LogP contribution in [0.4, 0.5) is 0 Å². The molecule has 0 aliphatic carbocycles. The van der Waals surface area contributed by atoms with Crippen LogP contribution in [0.1, 0.15) is 39.0 Å². The fourth-order valence-electron chi connectivity index (χ4n) is 2.00. The van der Waals surface area contributed by atoms with Gasteiger partial charge in [0.2, 0.25) is 11.8 Å². The van der Waals surface area contributed by atoms with Crippen LogP contribution in [0.3, 0.4) is 0 Å². The molecule has 1 aliphatic rings. The molecule has 0 radical (unpaired) electrons. The number of hydrogen-bond acceptors (Lipinski definition) is 4. The van der Waals surface area contributed by atoms with E-state index in [9.17, 15) is 19.2 Å². The lowest BCUT2D eigenvalue weighted by Crippen LogP contribution is -2.34. The second-order valence-corrected chi connectivity index (χ2v) is 5.03. The SMILES string of the molecule is CCC(=O)NCCNC(=O)CCCCCN1C(=O)C=CC1=O. The van der Waals surface area contributed by atoms with Crippen LogP contribution in [-0.4, -0.2) is 48.2 Å². The summed E-state index contributed by atoms with van der Waals surface area (Å²) in [4.78, 5) is 46.3. The molecule has 0 bridgehead atoms. The minimum atomic E-state index is -0.267. The molecule has 7 nitrogen and oxygen atoms in total. The zero-order chi connectivity index (χ0) is 16.4. The van der Waals surface area contributed by atoms with Crippen molar-refractivity contribution in [3.63, 3.8) is 0 Å². The number of imide groups is 1. The summed E-state index contributed by atoms with van der Waals surface area (Å²) in [5.74, 6) is -0.621. The lowest BCUT2D eigenvalue weighted by atomic mass is 10.2. The second-order valence-electron chi connectivity index (χ2n) is 5.03. The van der Waals surface area contributed by atoms with Gasteiger partial charge in [-0.25, -0.2) is 0 Å². The first kappa shape index (κ1) is 17.9. The third-order valence-corrected chi connectivity index (χ3v) is 3.28. The smallest absolute Gasteiger partial charge is 0.253 e. The monoisotopic (exact) mass is 309 g/mol. The topological polar surface area (TPSA) is 95.6 Å². The van der Waals surface area contributed by atoms with Gasteiger partial charge in [0.25, 0.3) is 11.8 Å². The fraction of sp³-hybridized carbons (Fsp3) is 0.600. The van der Waals surface area contributed by atoms with Crippen LogP contribution >= 0.6 is 0 Å². The normalized spacial score (nSPS) is 13.6. The maximum atomic E-state index is 11.5. The summed E-state index contributed by atoms with van der Waals surface area (Å²) in [5, 5.41) is 5.40. The van der Waals surface area contributed by atoms with Crippen molar-refractivity contribution < 1.29 is 19.2 Å². The van der Waals surface area contributed by atoms with E-state index in [0.29, 0.717) is 45.3 Å². The molecular formula is C15H23N3O4. The van der Waals surface area contributed by atoms with Crippen LogP contribution in [-0.2, 0) is 19.2 Å². The third kappa shape index (κ3) is 6.51. The number of rotatable bonds is 10. The van der Waals surface area contributed by atoms with Gasteiger partial charge in [-0.05, 0) is 12.8 Å².